The number of hydrogen-bond donors (Lipinski definition) is 1. The number of aromatic nitrogens is 3. The molecule has 0 amide bonds. The second-order valence-corrected chi connectivity index (χ2v) is 4.87. The Kier molecular flexibility index (Phi) is 2.47. The van der Waals surface area contributed by atoms with Crippen LogP contribution in [0.15, 0.2) is 51.9 Å². The molecular formula is C16H13N3O2. The molecule has 4 rings (SSSR count). The zero-order valence-corrected chi connectivity index (χ0v) is 11.5. The maximum Gasteiger partial charge on any atom is 0.251 e. The number of rotatable bonds is 2. The van der Waals surface area contributed by atoms with Gasteiger partial charge < -0.3 is 14.0 Å². The van der Waals surface area contributed by atoms with Crippen LogP contribution in [0, 0.1) is 0 Å². The third-order valence-corrected chi connectivity index (χ3v) is 3.69. The molecule has 1 N–H and O–H groups in total. The van der Waals surface area contributed by atoms with E-state index in [0.29, 0.717) is 18.1 Å². The van der Waals surface area contributed by atoms with Crippen molar-refractivity contribution in [2.24, 2.45) is 0 Å². The van der Waals surface area contributed by atoms with Gasteiger partial charge in [0.2, 0.25) is 0 Å². The van der Waals surface area contributed by atoms with Gasteiger partial charge in [0.25, 0.3) is 5.56 Å². The number of imidazole rings is 1. The van der Waals surface area contributed by atoms with Crippen molar-refractivity contribution in [1.82, 2.24) is 14.5 Å². The van der Waals surface area contributed by atoms with Crippen molar-refractivity contribution in [2.45, 2.75) is 13.5 Å². The standard InChI is InChI=1S/C16H13N3O2/c1-2-19-12-7-6-11-15(10(12)5-8-14(19)20)18-16(17-11)13-4-3-9-21-13/h3-9H,2H2,1H3,(H,17,18). The molecule has 4 aromatic rings. The van der Waals surface area contributed by atoms with Gasteiger partial charge in [-0.1, -0.05) is 0 Å². The first kappa shape index (κ1) is 12.0. The van der Waals surface area contributed by atoms with Crippen LogP contribution in [0.1, 0.15) is 6.92 Å². The molecule has 3 heterocycles. The molecule has 104 valence electrons. The SMILES string of the molecule is CCn1c(=O)ccc2c3nc(-c4ccco4)[nH]c3ccc21. The number of fused-ring (bicyclic) bond motifs is 3. The number of pyridine rings is 1. The molecule has 0 saturated carbocycles. The smallest absolute Gasteiger partial charge is 0.251 e. The predicted molar refractivity (Wildman–Crippen MR) is 81.2 cm³/mol. The Labute approximate surface area is 119 Å². The van der Waals surface area contributed by atoms with Crippen molar-refractivity contribution in [3.8, 4) is 11.6 Å². The zero-order chi connectivity index (χ0) is 14.4. The molecule has 0 radical (unpaired) electrons. The lowest BCUT2D eigenvalue weighted by molar-refractivity contribution is 0.578. The molecule has 0 aliphatic rings. The molecule has 5 heteroatoms. The number of aryl methyl sites for hydroxylation is 1. The zero-order valence-electron chi connectivity index (χ0n) is 11.5. The summed E-state index contributed by atoms with van der Waals surface area (Å²) in [4.78, 5) is 19.8. The van der Waals surface area contributed by atoms with Crippen molar-refractivity contribution in [2.75, 3.05) is 0 Å². The van der Waals surface area contributed by atoms with E-state index in [0.717, 1.165) is 21.9 Å². The maximum atomic E-state index is 11.9. The highest BCUT2D eigenvalue weighted by Crippen LogP contribution is 2.26. The molecule has 0 saturated heterocycles. The predicted octanol–water partition coefficient (Wildman–Crippen LogP) is 3.16. The van der Waals surface area contributed by atoms with Gasteiger partial charge in [0.15, 0.2) is 11.6 Å². The Balaban J connectivity index is 2.08. The minimum absolute atomic E-state index is 0.00569. The fourth-order valence-electron chi connectivity index (χ4n) is 2.71. The molecule has 0 bridgehead atoms. The lowest BCUT2D eigenvalue weighted by Gasteiger charge is -2.07. The quantitative estimate of drug-likeness (QED) is 0.613. The summed E-state index contributed by atoms with van der Waals surface area (Å²) in [5.41, 5.74) is 2.68. The number of benzene rings is 1. The Morgan fingerprint density at radius 3 is 2.90 bits per heavy atom. The van der Waals surface area contributed by atoms with Crippen LogP contribution in [0.4, 0.5) is 0 Å². The first-order valence-corrected chi connectivity index (χ1v) is 6.84. The van der Waals surface area contributed by atoms with Crippen LogP contribution in [-0.4, -0.2) is 14.5 Å². The highest BCUT2D eigenvalue weighted by molar-refractivity contribution is 6.03. The summed E-state index contributed by atoms with van der Waals surface area (Å²) in [5, 5.41) is 0.961. The molecule has 0 aliphatic carbocycles. The van der Waals surface area contributed by atoms with Gasteiger partial charge in [-0.05, 0) is 37.3 Å². The largest absolute Gasteiger partial charge is 0.461 e. The van der Waals surface area contributed by atoms with E-state index in [1.54, 1.807) is 16.9 Å². The number of furan rings is 1. The average Bonchev–Trinajstić information content (AvgIpc) is 3.15. The number of H-pyrrole nitrogens is 1. The Bertz CT molecular complexity index is 994. The van der Waals surface area contributed by atoms with Gasteiger partial charge in [0.05, 0.1) is 22.8 Å². The topological polar surface area (TPSA) is 63.8 Å². The summed E-state index contributed by atoms with van der Waals surface area (Å²) < 4.78 is 7.12. The second kappa shape index (κ2) is 4.34. The summed E-state index contributed by atoms with van der Waals surface area (Å²) in [6.07, 6.45) is 1.62. The molecule has 0 atom stereocenters. The van der Waals surface area contributed by atoms with Crippen LogP contribution < -0.4 is 5.56 Å². The lowest BCUT2D eigenvalue weighted by Crippen LogP contribution is -2.17. The normalized spacial score (nSPS) is 11.5. The molecule has 5 nitrogen and oxygen atoms in total. The Morgan fingerprint density at radius 2 is 2.14 bits per heavy atom. The van der Waals surface area contributed by atoms with E-state index in [-0.39, 0.29) is 5.56 Å². The summed E-state index contributed by atoms with van der Waals surface area (Å²) in [6.45, 7) is 2.60. The van der Waals surface area contributed by atoms with Gasteiger partial charge in [-0.15, -0.1) is 0 Å². The molecule has 0 unspecified atom stereocenters. The van der Waals surface area contributed by atoms with Crippen LogP contribution in [0.2, 0.25) is 0 Å². The van der Waals surface area contributed by atoms with E-state index in [9.17, 15) is 4.79 Å². The van der Waals surface area contributed by atoms with Crippen LogP contribution in [0.3, 0.4) is 0 Å². The van der Waals surface area contributed by atoms with E-state index in [1.807, 2.05) is 37.3 Å². The molecule has 1 aromatic carbocycles. The number of nitrogens with one attached hydrogen (secondary N) is 1. The fraction of sp³-hybridized carbons (Fsp3) is 0.125. The van der Waals surface area contributed by atoms with Crippen LogP contribution >= 0.6 is 0 Å². The molecule has 21 heavy (non-hydrogen) atoms. The molecule has 0 spiro atoms. The summed E-state index contributed by atoms with van der Waals surface area (Å²) in [6, 6.07) is 11.0. The van der Waals surface area contributed by atoms with E-state index >= 15 is 0 Å². The van der Waals surface area contributed by atoms with Gasteiger partial charge in [-0.25, -0.2) is 4.98 Å². The number of aromatic amines is 1. The monoisotopic (exact) mass is 279 g/mol. The van der Waals surface area contributed by atoms with Crippen molar-refractivity contribution in [1.29, 1.82) is 0 Å². The average molecular weight is 279 g/mol. The van der Waals surface area contributed by atoms with Gasteiger partial charge >= 0.3 is 0 Å². The number of nitrogens with zero attached hydrogens (tertiary/aromatic N) is 2. The van der Waals surface area contributed by atoms with E-state index < -0.39 is 0 Å². The highest BCUT2D eigenvalue weighted by Gasteiger charge is 2.11. The fourth-order valence-corrected chi connectivity index (χ4v) is 2.71. The van der Waals surface area contributed by atoms with Crippen LogP contribution in [0.5, 0.6) is 0 Å². The van der Waals surface area contributed by atoms with Gasteiger partial charge in [0.1, 0.15) is 0 Å². The van der Waals surface area contributed by atoms with Crippen molar-refractivity contribution >= 4 is 21.9 Å². The number of hydrogen-bond acceptors (Lipinski definition) is 3. The van der Waals surface area contributed by atoms with Crippen molar-refractivity contribution < 1.29 is 4.42 Å². The van der Waals surface area contributed by atoms with E-state index in [2.05, 4.69) is 9.97 Å². The second-order valence-electron chi connectivity index (χ2n) is 4.87. The van der Waals surface area contributed by atoms with Crippen LogP contribution in [0.25, 0.3) is 33.5 Å². The summed E-state index contributed by atoms with van der Waals surface area (Å²) >= 11 is 0. The minimum atomic E-state index is 0.00569. The lowest BCUT2D eigenvalue weighted by atomic mass is 10.2. The highest BCUT2D eigenvalue weighted by atomic mass is 16.3. The molecule has 3 aromatic heterocycles. The molecular weight excluding hydrogens is 266 g/mol. The first-order valence-electron chi connectivity index (χ1n) is 6.84. The Morgan fingerprint density at radius 1 is 1.24 bits per heavy atom. The van der Waals surface area contributed by atoms with Gasteiger partial charge in [-0.2, -0.15) is 0 Å². The van der Waals surface area contributed by atoms with E-state index in [4.69, 9.17) is 4.42 Å². The molecule has 0 fully saturated rings. The third kappa shape index (κ3) is 1.71. The van der Waals surface area contributed by atoms with Crippen LogP contribution in [-0.2, 0) is 6.54 Å². The summed E-state index contributed by atoms with van der Waals surface area (Å²) in [5.74, 6) is 1.39. The molecule has 0 aliphatic heterocycles. The minimum Gasteiger partial charge on any atom is -0.461 e. The van der Waals surface area contributed by atoms with Crippen molar-refractivity contribution in [3.05, 3.63) is 53.0 Å². The first-order chi connectivity index (χ1) is 10.3. The van der Waals surface area contributed by atoms with E-state index in [1.165, 1.54) is 0 Å². The maximum absolute atomic E-state index is 11.9. The van der Waals surface area contributed by atoms with Crippen molar-refractivity contribution in [3.63, 3.8) is 0 Å². The summed E-state index contributed by atoms with van der Waals surface area (Å²) in [7, 11) is 0. The van der Waals surface area contributed by atoms with Gasteiger partial charge in [0, 0.05) is 18.0 Å². The van der Waals surface area contributed by atoms with Gasteiger partial charge in [-0.3, -0.25) is 4.79 Å². The Hall–Kier alpha value is -2.82. The third-order valence-electron chi connectivity index (χ3n) is 3.69.